The van der Waals surface area contributed by atoms with Crippen molar-refractivity contribution in [1.29, 1.82) is 0 Å². The first-order valence-electron chi connectivity index (χ1n) is 8.43. The number of anilines is 1. The first kappa shape index (κ1) is 16.3. The van der Waals surface area contributed by atoms with Gasteiger partial charge in [-0.3, -0.25) is 0 Å². The molecule has 2 aromatic rings. The number of aryl methyl sites for hydroxylation is 1. The lowest BCUT2D eigenvalue weighted by Crippen LogP contribution is -2.29. The molecule has 2 amide bonds. The Hall–Kier alpha value is -2.57. The smallest absolute Gasteiger partial charge is 0.319 e. The molecule has 0 aliphatic heterocycles. The van der Waals surface area contributed by atoms with Crippen LogP contribution >= 0.6 is 0 Å². The first-order valence-corrected chi connectivity index (χ1v) is 8.43. The highest BCUT2D eigenvalue weighted by atomic mass is 16.5. The molecule has 0 bridgehead atoms. The second kappa shape index (κ2) is 7.81. The van der Waals surface area contributed by atoms with E-state index in [1.165, 1.54) is 12.8 Å². The monoisotopic (exact) mass is 329 g/mol. The van der Waals surface area contributed by atoms with E-state index in [0.717, 1.165) is 36.6 Å². The molecule has 1 aromatic heterocycles. The molecule has 7 heteroatoms. The molecule has 1 heterocycles. The highest BCUT2D eigenvalue weighted by molar-refractivity contribution is 5.89. The Kier molecular flexibility index (Phi) is 5.30. The van der Waals surface area contributed by atoms with Crippen molar-refractivity contribution in [3.05, 3.63) is 36.4 Å². The van der Waals surface area contributed by atoms with E-state index in [1.54, 1.807) is 6.33 Å². The third-order valence-electron chi connectivity index (χ3n) is 4.16. The zero-order valence-corrected chi connectivity index (χ0v) is 13.9. The number of benzene rings is 1. The van der Waals surface area contributed by atoms with Crippen LogP contribution in [0.4, 0.5) is 10.5 Å². The van der Waals surface area contributed by atoms with E-state index in [2.05, 4.69) is 20.8 Å². The molecule has 7 nitrogen and oxygen atoms in total. The highest BCUT2D eigenvalue weighted by Gasteiger charge is 2.16. The van der Waals surface area contributed by atoms with Gasteiger partial charge in [0.25, 0.3) is 0 Å². The molecule has 2 N–H and O–H groups in total. The summed E-state index contributed by atoms with van der Waals surface area (Å²) >= 11 is 0. The van der Waals surface area contributed by atoms with Crippen molar-refractivity contribution in [3.8, 4) is 5.75 Å². The van der Waals surface area contributed by atoms with Gasteiger partial charge in [-0.05, 0) is 56.9 Å². The predicted molar refractivity (Wildman–Crippen MR) is 90.9 cm³/mol. The van der Waals surface area contributed by atoms with Gasteiger partial charge in [-0.1, -0.05) is 0 Å². The summed E-state index contributed by atoms with van der Waals surface area (Å²) in [6.45, 7) is 3.11. The van der Waals surface area contributed by atoms with E-state index < -0.39 is 0 Å². The van der Waals surface area contributed by atoms with E-state index in [4.69, 9.17) is 4.74 Å². The van der Waals surface area contributed by atoms with Crippen LogP contribution in [-0.2, 0) is 13.1 Å². The number of ether oxygens (including phenoxy) is 1. The summed E-state index contributed by atoms with van der Waals surface area (Å²) in [5.74, 6) is 1.58. The molecule has 0 radical (unpaired) electrons. The molecule has 1 aliphatic rings. The third-order valence-corrected chi connectivity index (χ3v) is 4.16. The van der Waals surface area contributed by atoms with Crippen molar-refractivity contribution in [1.82, 2.24) is 20.1 Å². The Morgan fingerprint density at radius 3 is 2.75 bits per heavy atom. The molecule has 24 heavy (non-hydrogen) atoms. The van der Waals surface area contributed by atoms with Crippen molar-refractivity contribution >= 4 is 11.7 Å². The quantitative estimate of drug-likeness (QED) is 0.854. The SMILES string of the molecule is CCn1cnnc1CNC(=O)Nc1ccc(OC2CCCC2)cc1. The Labute approximate surface area is 141 Å². The molecule has 0 spiro atoms. The molecular weight excluding hydrogens is 306 g/mol. The van der Waals surface area contributed by atoms with Gasteiger partial charge in [-0.2, -0.15) is 0 Å². The number of amides is 2. The van der Waals surface area contributed by atoms with Crippen molar-refractivity contribution in [2.45, 2.75) is 51.8 Å². The van der Waals surface area contributed by atoms with Gasteiger partial charge in [-0.15, -0.1) is 10.2 Å². The Bertz CT molecular complexity index is 662. The number of rotatable bonds is 6. The number of carbonyl (C=O) groups excluding carboxylic acids is 1. The Morgan fingerprint density at radius 2 is 2.04 bits per heavy atom. The normalized spacial score (nSPS) is 14.5. The summed E-state index contributed by atoms with van der Waals surface area (Å²) in [5, 5.41) is 13.4. The molecule has 1 aromatic carbocycles. The van der Waals surface area contributed by atoms with Gasteiger partial charge < -0.3 is 19.9 Å². The third kappa shape index (κ3) is 4.24. The van der Waals surface area contributed by atoms with E-state index in [-0.39, 0.29) is 6.03 Å². The average molecular weight is 329 g/mol. The van der Waals surface area contributed by atoms with Crippen LogP contribution in [0.1, 0.15) is 38.4 Å². The summed E-state index contributed by atoms with van der Waals surface area (Å²) < 4.78 is 7.80. The number of nitrogens with one attached hydrogen (secondary N) is 2. The van der Waals surface area contributed by atoms with Crippen molar-refractivity contribution in [2.24, 2.45) is 0 Å². The van der Waals surface area contributed by atoms with Gasteiger partial charge in [0, 0.05) is 12.2 Å². The van der Waals surface area contributed by atoms with Gasteiger partial charge in [0.05, 0.1) is 12.6 Å². The van der Waals surface area contributed by atoms with Gasteiger partial charge in [-0.25, -0.2) is 4.79 Å². The van der Waals surface area contributed by atoms with Crippen LogP contribution in [0.2, 0.25) is 0 Å². The number of carbonyl (C=O) groups is 1. The fourth-order valence-electron chi connectivity index (χ4n) is 2.83. The van der Waals surface area contributed by atoms with Gasteiger partial charge in [0.1, 0.15) is 12.1 Å². The molecular formula is C17H23N5O2. The molecule has 128 valence electrons. The summed E-state index contributed by atoms with van der Waals surface area (Å²) in [7, 11) is 0. The topological polar surface area (TPSA) is 81.1 Å². The Morgan fingerprint density at radius 1 is 1.29 bits per heavy atom. The largest absolute Gasteiger partial charge is 0.490 e. The molecule has 0 saturated heterocycles. The number of hydrogen-bond donors (Lipinski definition) is 2. The van der Waals surface area contributed by atoms with E-state index in [0.29, 0.717) is 12.6 Å². The number of aromatic nitrogens is 3. The summed E-state index contributed by atoms with van der Waals surface area (Å²) in [5.41, 5.74) is 0.725. The van der Waals surface area contributed by atoms with Crippen LogP contribution in [0, 0.1) is 0 Å². The highest BCUT2D eigenvalue weighted by Crippen LogP contribution is 2.24. The van der Waals surface area contributed by atoms with Crippen LogP contribution in [0.25, 0.3) is 0 Å². The number of urea groups is 1. The van der Waals surface area contributed by atoms with Gasteiger partial charge in [0.15, 0.2) is 5.82 Å². The van der Waals surface area contributed by atoms with Crippen molar-refractivity contribution in [3.63, 3.8) is 0 Å². The van der Waals surface area contributed by atoms with E-state index in [1.807, 2.05) is 35.8 Å². The maximum absolute atomic E-state index is 12.0. The molecule has 1 fully saturated rings. The minimum atomic E-state index is -0.273. The lowest BCUT2D eigenvalue weighted by atomic mass is 10.3. The zero-order chi connectivity index (χ0) is 16.8. The standard InChI is InChI=1S/C17H23N5O2/c1-2-22-12-19-21-16(22)11-18-17(23)20-13-7-9-15(10-8-13)24-14-5-3-4-6-14/h7-10,12,14H,2-6,11H2,1H3,(H2,18,20,23). The average Bonchev–Trinajstić information content (AvgIpc) is 3.26. The number of hydrogen-bond acceptors (Lipinski definition) is 4. The Balaban J connectivity index is 1.47. The number of nitrogens with zero attached hydrogens (tertiary/aromatic N) is 3. The predicted octanol–water partition coefficient (Wildman–Crippen LogP) is 2.94. The molecule has 1 saturated carbocycles. The maximum atomic E-state index is 12.0. The van der Waals surface area contributed by atoms with Crippen molar-refractivity contribution < 1.29 is 9.53 Å². The van der Waals surface area contributed by atoms with Crippen LogP contribution in [0.15, 0.2) is 30.6 Å². The van der Waals surface area contributed by atoms with Crippen molar-refractivity contribution in [2.75, 3.05) is 5.32 Å². The van der Waals surface area contributed by atoms with Crippen LogP contribution in [-0.4, -0.2) is 26.9 Å². The van der Waals surface area contributed by atoms with E-state index >= 15 is 0 Å². The lowest BCUT2D eigenvalue weighted by molar-refractivity contribution is 0.210. The summed E-state index contributed by atoms with van der Waals surface area (Å²) in [4.78, 5) is 12.0. The summed E-state index contributed by atoms with van der Waals surface area (Å²) in [6, 6.07) is 7.20. The molecule has 1 aliphatic carbocycles. The second-order valence-corrected chi connectivity index (χ2v) is 5.89. The van der Waals surface area contributed by atoms with E-state index in [9.17, 15) is 4.79 Å². The van der Waals surface area contributed by atoms with Gasteiger partial charge >= 0.3 is 6.03 Å². The fraction of sp³-hybridized carbons (Fsp3) is 0.471. The van der Waals surface area contributed by atoms with Gasteiger partial charge in [0.2, 0.25) is 0 Å². The minimum absolute atomic E-state index is 0.273. The zero-order valence-electron chi connectivity index (χ0n) is 13.9. The lowest BCUT2D eigenvalue weighted by Gasteiger charge is -2.13. The molecule has 3 rings (SSSR count). The van der Waals surface area contributed by atoms with Crippen LogP contribution < -0.4 is 15.4 Å². The first-order chi connectivity index (χ1) is 11.7. The van der Waals surface area contributed by atoms with Crippen LogP contribution in [0.3, 0.4) is 0 Å². The molecule has 0 unspecified atom stereocenters. The summed E-state index contributed by atoms with van der Waals surface area (Å²) in [6.07, 6.45) is 6.74. The minimum Gasteiger partial charge on any atom is -0.490 e. The maximum Gasteiger partial charge on any atom is 0.319 e. The second-order valence-electron chi connectivity index (χ2n) is 5.89. The van der Waals surface area contributed by atoms with Crippen LogP contribution in [0.5, 0.6) is 5.75 Å². The molecule has 0 atom stereocenters. The fourth-order valence-corrected chi connectivity index (χ4v) is 2.83.